The summed E-state index contributed by atoms with van der Waals surface area (Å²) in [6, 6.07) is 11.1. The normalized spacial score (nSPS) is 11.1. The summed E-state index contributed by atoms with van der Waals surface area (Å²) in [5.41, 5.74) is 4.06. The number of amides is 1. The molecule has 0 saturated heterocycles. The highest BCUT2D eigenvalue weighted by atomic mass is 32.2. The Hall–Kier alpha value is -2.54. The number of hydrogen-bond donors (Lipinski definition) is 1. The molecule has 0 aliphatic rings. The van der Waals surface area contributed by atoms with E-state index in [2.05, 4.69) is 5.32 Å². The quantitative estimate of drug-likeness (QED) is 0.786. The van der Waals surface area contributed by atoms with Crippen LogP contribution in [0.2, 0.25) is 0 Å². The van der Waals surface area contributed by atoms with Crippen LogP contribution in [0.1, 0.15) is 23.1 Å². The molecule has 0 bridgehead atoms. The molecule has 27 heavy (non-hydrogen) atoms. The van der Waals surface area contributed by atoms with Gasteiger partial charge in [-0.3, -0.25) is 9.10 Å². The van der Waals surface area contributed by atoms with Crippen molar-refractivity contribution >= 4 is 27.3 Å². The first-order chi connectivity index (χ1) is 12.6. The fraction of sp³-hybridized carbons (Fsp3) is 0.350. The second-order valence-corrected chi connectivity index (χ2v) is 8.53. The van der Waals surface area contributed by atoms with E-state index in [-0.39, 0.29) is 18.9 Å². The lowest BCUT2D eigenvalue weighted by Crippen LogP contribution is -2.33. The molecule has 2 aromatic rings. The predicted molar refractivity (Wildman–Crippen MR) is 109 cm³/mol. The zero-order chi connectivity index (χ0) is 20.2. The van der Waals surface area contributed by atoms with Crippen LogP contribution >= 0.6 is 0 Å². The van der Waals surface area contributed by atoms with E-state index in [0.717, 1.165) is 28.6 Å². The zero-order valence-corrected chi connectivity index (χ0v) is 17.2. The van der Waals surface area contributed by atoms with Crippen molar-refractivity contribution in [3.8, 4) is 5.75 Å². The molecule has 1 N–H and O–H groups in total. The molecule has 1 amide bonds. The lowest BCUT2D eigenvalue weighted by atomic mass is 10.1. The average Bonchev–Trinajstić information content (AvgIpc) is 2.57. The summed E-state index contributed by atoms with van der Waals surface area (Å²) in [6.07, 6.45) is 1.15. The number of anilines is 2. The van der Waals surface area contributed by atoms with E-state index in [0.29, 0.717) is 11.4 Å². The smallest absolute Gasteiger partial charge is 0.232 e. The largest absolute Gasteiger partial charge is 0.495 e. The van der Waals surface area contributed by atoms with Gasteiger partial charge in [0.2, 0.25) is 15.9 Å². The molecule has 146 valence electrons. The molecule has 6 nitrogen and oxygen atoms in total. The maximum atomic E-state index is 12.4. The number of methoxy groups -OCH3 is 1. The predicted octanol–water partition coefficient (Wildman–Crippen LogP) is 3.42. The van der Waals surface area contributed by atoms with E-state index in [1.807, 2.05) is 45.0 Å². The number of nitrogens with zero attached hydrogens (tertiary/aromatic N) is 1. The molecule has 7 heteroatoms. The molecule has 0 spiro atoms. The third-order valence-electron chi connectivity index (χ3n) is 4.21. The number of rotatable bonds is 7. The van der Waals surface area contributed by atoms with Gasteiger partial charge < -0.3 is 10.1 Å². The van der Waals surface area contributed by atoms with Crippen molar-refractivity contribution < 1.29 is 17.9 Å². The molecule has 2 aromatic carbocycles. The summed E-state index contributed by atoms with van der Waals surface area (Å²) < 4.78 is 31.2. The molecule has 2 rings (SSSR count). The van der Waals surface area contributed by atoms with Crippen molar-refractivity contribution in [1.29, 1.82) is 0 Å². The van der Waals surface area contributed by atoms with Crippen molar-refractivity contribution in [2.24, 2.45) is 0 Å². The minimum atomic E-state index is -3.58. The maximum Gasteiger partial charge on any atom is 0.232 e. The summed E-state index contributed by atoms with van der Waals surface area (Å²) in [5.74, 6) is 0.199. The Morgan fingerprint density at radius 3 is 2.33 bits per heavy atom. The standard InChI is InChI=1S/C20H26N2O4S/c1-14-6-8-16(3)17(12-14)21-20(23)10-11-22(27(5,24)25)18-13-15(2)7-9-19(18)26-4/h6-9,12-13H,10-11H2,1-5H3,(H,21,23). The molecule has 0 radical (unpaired) electrons. The summed E-state index contributed by atoms with van der Waals surface area (Å²) in [4.78, 5) is 12.4. The van der Waals surface area contributed by atoms with Crippen LogP contribution in [0.25, 0.3) is 0 Å². The molecule has 0 heterocycles. The molecular weight excluding hydrogens is 364 g/mol. The van der Waals surface area contributed by atoms with Gasteiger partial charge in [-0.05, 0) is 55.7 Å². The highest BCUT2D eigenvalue weighted by molar-refractivity contribution is 7.92. The van der Waals surface area contributed by atoms with Crippen LogP contribution in [0.4, 0.5) is 11.4 Å². The number of ether oxygens (including phenoxy) is 1. The zero-order valence-electron chi connectivity index (χ0n) is 16.4. The Kier molecular flexibility index (Phi) is 6.49. The Morgan fingerprint density at radius 2 is 1.70 bits per heavy atom. The minimum Gasteiger partial charge on any atom is -0.495 e. The second-order valence-electron chi connectivity index (χ2n) is 6.63. The van der Waals surface area contributed by atoms with Crippen molar-refractivity contribution in [1.82, 2.24) is 0 Å². The van der Waals surface area contributed by atoms with Gasteiger partial charge in [0.1, 0.15) is 5.75 Å². The topological polar surface area (TPSA) is 75.7 Å². The van der Waals surface area contributed by atoms with Crippen LogP contribution < -0.4 is 14.4 Å². The van der Waals surface area contributed by atoms with Crippen LogP contribution in [0.3, 0.4) is 0 Å². The van der Waals surface area contributed by atoms with Gasteiger partial charge in [0.15, 0.2) is 0 Å². The third kappa shape index (κ3) is 5.47. The van der Waals surface area contributed by atoms with Crippen LogP contribution in [0.5, 0.6) is 5.75 Å². The minimum absolute atomic E-state index is 0.0232. The van der Waals surface area contributed by atoms with E-state index >= 15 is 0 Å². The molecule has 0 fully saturated rings. The molecule has 0 saturated carbocycles. The lowest BCUT2D eigenvalue weighted by molar-refractivity contribution is -0.116. The third-order valence-corrected chi connectivity index (χ3v) is 5.39. The van der Waals surface area contributed by atoms with E-state index < -0.39 is 10.0 Å². The first-order valence-electron chi connectivity index (χ1n) is 8.61. The summed E-state index contributed by atoms with van der Waals surface area (Å²) in [7, 11) is -2.09. The van der Waals surface area contributed by atoms with Crippen molar-refractivity contribution in [3.63, 3.8) is 0 Å². The number of benzene rings is 2. The molecule has 0 atom stereocenters. The Labute approximate surface area is 161 Å². The number of carbonyl (C=O) groups excluding carboxylic acids is 1. The molecule has 0 unspecified atom stereocenters. The van der Waals surface area contributed by atoms with E-state index in [9.17, 15) is 13.2 Å². The van der Waals surface area contributed by atoms with E-state index in [4.69, 9.17) is 4.74 Å². The Morgan fingerprint density at radius 1 is 1.07 bits per heavy atom. The first-order valence-corrected chi connectivity index (χ1v) is 10.5. The van der Waals surface area contributed by atoms with Gasteiger partial charge in [-0.25, -0.2) is 8.42 Å². The number of carbonyl (C=O) groups is 1. The lowest BCUT2D eigenvalue weighted by Gasteiger charge is -2.24. The Bertz CT molecular complexity index is 939. The van der Waals surface area contributed by atoms with Crippen molar-refractivity contribution in [2.45, 2.75) is 27.2 Å². The highest BCUT2D eigenvalue weighted by Crippen LogP contribution is 2.31. The SMILES string of the molecule is COc1ccc(C)cc1N(CCC(=O)Nc1cc(C)ccc1C)S(C)(=O)=O. The van der Waals surface area contributed by atoms with Crippen LogP contribution in [-0.2, 0) is 14.8 Å². The van der Waals surface area contributed by atoms with Gasteiger partial charge in [0.25, 0.3) is 0 Å². The Balaban J connectivity index is 2.20. The molecular formula is C20H26N2O4S. The van der Waals surface area contributed by atoms with Gasteiger partial charge in [-0.2, -0.15) is 0 Å². The molecule has 0 aliphatic carbocycles. The second kappa shape index (κ2) is 8.43. The fourth-order valence-corrected chi connectivity index (χ4v) is 3.67. The monoisotopic (exact) mass is 390 g/mol. The van der Waals surface area contributed by atoms with Gasteiger partial charge in [-0.15, -0.1) is 0 Å². The van der Waals surface area contributed by atoms with Crippen molar-refractivity contribution in [3.05, 3.63) is 53.1 Å². The number of hydrogen-bond acceptors (Lipinski definition) is 4. The van der Waals surface area contributed by atoms with Crippen molar-refractivity contribution in [2.75, 3.05) is 29.5 Å². The van der Waals surface area contributed by atoms with Crippen LogP contribution in [-0.4, -0.2) is 34.2 Å². The van der Waals surface area contributed by atoms with Gasteiger partial charge in [0.05, 0.1) is 19.1 Å². The number of sulfonamides is 1. The van der Waals surface area contributed by atoms with E-state index in [1.54, 1.807) is 12.1 Å². The van der Waals surface area contributed by atoms with Gasteiger partial charge in [-0.1, -0.05) is 18.2 Å². The first kappa shape index (κ1) is 20.8. The number of nitrogens with one attached hydrogen (secondary N) is 1. The van der Waals surface area contributed by atoms with E-state index in [1.165, 1.54) is 11.4 Å². The average molecular weight is 391 g/mol. The maximum absolute atomic E-state index is 12.4. The molecule has 0 aliphatic heterocycles. The summed E-state index contributed by atoms with van der Waals surface area (Å²) in [5, 5.41) is 2.86. The summed E-state index contributed by atoms with van der Waals surface area (Å²) in [6.45, 7) is 5.76. The van der Waals surface area contributed by atoms with Crippen LogP contribution in [0, 0.1) is 20.8 Å². The number of aryl methyl sites for hydroxylation is 3. The van der Waals surface area contributed by atoms with Crippen LogP contribution in [0.15, 0.2) is 36.4 Å². The highest BCUT2D eigenvalue weighted by Gasteiger charge is 2.22. The fourth-order valence-electron chi connectivity index (χ4n) is 2.75. The van der Waals surface area contributed by atoms with Gasteiger partial charge >= 0.3 is 0 Å². The molecule has 0 aromatic heterocycles. The van der Waals surface area contributed by atoms with Gasteiger partial charge in [0, 0.05) is 18.7 Å². The summed E-state index contributed by atoms with van der Waals surface area (Å²) >= 11 is 0.